The van der Waals surface area contributed by atoms with Gasteiger partial charge in [-0.1, -0.05) is 0 Å². The van der Waals surface area contributed by atoms with Gasteiger partial charge in [0.2, 0.25) is 0 Å². The second kappa shape index (κ2) is 6.67. The van der Waals surface area contributed by atoms with Crippen LogP contribution in [0.3, 0.4) is 0 Å². The molecular formula is C15H10FN3O4S. The van der Waals surface area contributed by atoms with Crippen LogP contribution in [0.4, 0.5) is 4.39 Å². The molecule has 3 rings (SSSR count). The fourth-order valence-corrected chi connectivity index (χ4v) is 2.69. The molecule has 0 unspecified atom stereocenters. The van der Waals surface area contributed by atoms with Crippen molar-refractivity contribution < 1.29 is 23.1 Å². The summed E-state index contributed by atoms with van der Waals surface area (Å²) in [6.07, 6.45) is 3.73. The van der Waals surface area contributed by atoms with Crippen LogP contribution in [-0.4, -0.2) is 30.4 Å². The van der Waals surface area contributed by atoms with Crippen molar-refractivity contribution in [3.8, 4) is 0 Å². The standard InChI is InChI=1S/C15H10FN3O4S/c1-22-13(20)6-12-14(21)18-15(24-12)19-17-7-9-8-4-5-23-11(8)3-2-10(9)16/h2-7H,1H3,(H,18,19,21)/b12-6+,17-7?. The highest BCUT2D eigenvalue weighted by Gasteiger charge is 2.25. The number of benzene rings is 1. The molecule has 0 spiro atoms. The first-order valence-corrected chi connectivity index (χ1v) is 7.45. The highest BCUT2D eigenvalue weighted by molar-refractivity contribution is 8.18. The highest BCUT2D eigenvalue weighted by atomic mass is 32.2. The van der Waals surface area contributed by atoms with Crippen molar-refractivity contribution in [3.63, 3.8) is 0 Å². The summed E-state index contributed by atoms with van der Waals surface area (Å²) < 4.78 is 23.5. The van der Waals surface area contributed by atoms with Crippen molar-refractivity contribution in [2.45, 2.75) is 0 Å². The zero-order valence-electron chi connectivity index (χ0n) is 12.3. The molecule has 1 fully saturated rings. The number of ether oxygens (including phenoxy) is 1. The van der Waals surface area contributed by atoms with Crippen LogP contribution in [-0.2, 0) is 14.3 Å². The van der Waals surface area contributed by atoms with Gasteiger partial charge in [-0.05, 0) is 30.0 Å². The topological polar surface area (TPSA) is 93.3 Å². The molecule has 1 aromatic carbocycles. The molecule has 0 saturated carbocycles. The lowest BCUT2D eigenvalue weighted by atomic mass is 10.1. The van der Waals surface area contributed by atoms with Crippen molar-refractivity contribution in [3.05, 3.63) is 46.8 Å². The normalized spacial score (nSPS) is 18.0. The molecule has 24 heavy (non-hydrogen) atoms. The number of halogens is 1. The maximum absolute atomic E-state index is 13.9. The minimum absolute atomic E-state index is 0.138. The monoisotopic (exact) mass is 347 g/mol. The molecule has 0 bridgehead atoms. The van der Waals surface area contributed by atoms with E-state index in [4.69, 9.17) is 4.42 Å². The van der Waals surface area contributed by atoms with Crippen LogP contribution in [0.15, 0.2) is 50.1 Å². The van der Waals surface area contributed by atoms with Crippen molar-refractivity contribution in [2.75, 3.05) is 7.11 Å². The Kier molecular flexibility index (Phi) is 4.43. The lowest BCUT2D eigenvalue weighted by molar-refractivity contribution is -0.135. The van der Waals surface area contributed by atoms with E-state index in [-0.39, 0.29) is 15.6 Å². The fourth-order valence-electron chi connectivity index (χ4n) is 1.95. The van der Waals surface area contributed by atoms with Crippen LogP contribution in [0.2, 0.25) is 0 Å². The zero-order valence-corrected chi connectivity index (χ0v) is 13.1. The SMILES string of the molecule is COC(=O)/C=C1/S/C(=N\N=Cc2c(F)ccc3occc23)NC1=O. The van der Waals surface area contributed by atoms with E-state index in [2.05, 4.69) is 20.3 Å². The molecule has 0 aliphatic carbocycles. The van der Waals surface area contributed by atoms with Crippen molar-refractivity contribution in [2.24, 2.45) is 10.2 Å². The first kappa shape index (κ1) is 15.9. The van der Waals surface area contributed by atoms with Crippen LogP contribution in [0.25, 0.3) is 11.0 Å². The van der Waals surface area contributed by atoms with Crippen molar-refractivity contribution in [1.82, 2.24) is 5.32 Å². The van der Waals surface area contributed by atoms with E-state index in [0.29, 0.717) is 11.0 Å². The largest absolute Gasteiger partial charge is 0.466 e. The number of methoxy groups -OCH3 is 1. The number of amides is 1. The Balaban J connectivity index is 1.81. The first-order valence-electron chi connectivity index (χ1n) is 6.64. The Hall–Kier alpha value is -2.94. The minimum atomic E-state index is -0.647. The molecule has 2 heterocycles. The van der Waals surface area contributed by atoms with E-state index in [9.17, 15) is 14.0 Å². The van der Waals surface area contributed by atoms with Gasteiger partial charge in [0.15, 0.2) is 5.17 Å². The van der Waals surface area contributed by atoms with Crippen LogP contribution in [0, 0.1) is 5.82 Å². The smallest absolute Gasteiger partial charge is 0.331 e. The van der Waals surface area contributed by atoms with Gasteiger partial charge in [-0.2, -0.15) is 5.10 Å². The molecule has 0 atom stereocenters. The number of carbonyl (C=O) groups is 2. The van der Waals surface area contributed by atoms with Gasteiger partial charge in [0, 0.05) is 17.0 Å². The number of amidine groups is 1. The Morgan fingerprint density at radius 2 is 2.25 bits per heavy atom. The summed E-state index contributed by atoms with van der Waals surface area (Å²) >= 11 is 0.931. The number of fused-ring (bicyclic) bond motifs is 1. The molecule has 1 amide bonds. The molecule has 122 valence electrons. The minimum Gasteiger partial charge on any atom is -0.466 e. The summed E-state index contributed by atoms with van der Waals surface area (Å²) in [7, 11) is 1.21. The van der Waals surface area contributed by atoms with Gasteiger partial charge < -0.3 is 9.15 Å². The number of carbonyl (C=O) groups excluding carboxylic acids is 2. The second-order valence-corrected chi connectivity index (χ2v) is 5.56. The second-order valence-electron chi connectivity index (χ2n) is 4.53. The molecular weight excluding hydrogens is 337 g/mol. The summed E-state index contributed by atoms with van der Waals surface area (Å²) in [4.78, 5) is 22.9. The molecule has 1 saturated heterocycles. The van der Waals surface area contributed by atoms with Gasteiger partial charge in [0.1, 0.15) is 11.4 Å². The Bertz CT molecular complexity index is 917. The number of furan rings is 1. The summed E-state index contributed by atoms with van der Waals surface area (Å²) in [6.45, 7) is 0. The highest BCUT2D eigenvalue weighted by Crippen LogP contribution is 2.24. The zero-order chi connectivity index (χ0) is 17.1. The number of nitrogens with one attached hydrogen (secondary N) is 1. The molecule has 2 aromatic rings. The molecule has 1 aliphatic heterocycles. The van der Waals surface area contributed by atoms with E-state index in [1.54, 1.807) is 6.07 Å². The predicted octanol–water partition coefficient (Wildman–Crippen LogP) is 2.18. The first-order chi connectivity index (χ1) is 11.6. The van der Waals surface area contributed by atoms with Gasteiger partial charge in [0.25, 0.3) is 5.91 Å². The third-order valence-corrected chi connectivity index (χ3v) is 3.96. The van der Waals surface area contributed by atoms with Crippen LogP contribution in [0.5, 0.6) is 0 Å². The Morgan fingerprint density at radius 3 is 3.04 bits per heavy atom. The lowest BCUT2D eigenvalue weighted by Crippen LogP contribution is -2.19. The van der Waals surface area contributed by atoms with Gasteiger partial charge in [-0.15, -0.1) is 5.10 Å². The third-order valence-electron chi connectivity index (χ3n) is 3.06. The quantitative estimate of drug-likeness (QED) is 0.398. The van der Waals surface area contributed by atoms with E-state index in [1.165, 1.54) is 31.7 Å². The summed E-state index contributed by atoms with van der Waals surface area (Å²) in [6, 6.07) is 4.41. The van der Waals surface area contributed by atoms with Crippen LogP contribution < -0.4 is 5.32 Å². The van der Waals surface area contributed by atoms with E-state index in [0.717, 1.165) is 17.8 Å². The van der Waals surface area contributed by atoms with Gasteiger partial charge >= 0.3 is 5.97 Å². The molecule has 1 aliphatic rings. The average molecular weight is 347 g/mol. The van der Waals surface area contributed by atoms with Crippen LogP contribution in [0.1, 0.15) is 5.56 Å². The summed E-state index contributed by atoms with van der Waals surface area (Å²) in [5.41, 5.74) is 0.752. The van der Waals surface area contributed by atoms with Crippen molar-refractivity contribution in [1.29, 1.82) is 0 Å². The van der Waals surface area contributed by atoms with Gasteiger partial charge in [-0.3, -0.25) is 10.1 Å². The Labute approximate surface area is 139 Å². The number of esters is 1. The maximum atomic E-state index is 13.9. The van der Waals surface area contributed by atoms with Crippen LogP contribution >= 0.6 is 11.8 Å². The van der Waals surface area contributed by atoms with E-state index < -0.39 is 17.7 Å². The summed E-state index contributed by atoms with van der Waals surface area (Å²) in [5, 5.41) is 10.8. The van der Waals surface area contributed by atoms with Gasteiger partial charge in [0.05, 0.1) is 24.5 Å². The number of nitrogens with zero attached hydrogens (tertiary/aromatic N) is 2. The molecule has 1 N–H and O–H groups in total. The van der Waals surface area contributed by atoms with Crippen molar-refractivity contribution >= 4 is 46.0 Å². The number of hydrogen-bond acceptors (Lipinski definition) is 7. The maximum Gasteiger partial charge on any atom is 0.331 e. The third kappa shape index (κ3) is 3.20. The van der Waals surface area contributed by atoms with Gasteiger partial charge in [-0.25, -0.2) is 9.18 Å². The molecule has 7 nitrogen and oxygen atoms in total. The molecule has 9 heteroatoms. The number of rotatable bonds is 3. The molecule has 0 radical (unpaired) electrons. The fraction of sp³-hybridized carbons (Fsp3) is 0.0667. The predicted molar refractivity (Wildman–Crippen MR) is 87.0 cm³/mol. The Morgan fingerprint density at radius 1 is 1.42 bits per heavy atom. The number of thioether (sulfide) groups is 1. The lowest BCUT2D eigenvalue weighted by Gasteiger charge is -1.97. The number of hydrogen-bond donors (Lipinski definition) is 1. The molecule has 1 aromatic heterocycles. The average Bonchev–Trinajstić information content (AvgIpc) is 3.16. The van der Waals surface area contributed by atoms with E-state index >= 15 is 0 Å². The van der Waals surface area contributed by atoms with E-state index in [1.807, 2.05) is 0 Å². The summed E-state index contributed by atoms with van der Waals surface area (Å²) in [5.74, 6) is -1.60.